The Morgan fingerprint density at radius 2 is 2.06 bits per heavy atom. The summed E-state index contributed by atoms with van der Waals surface area (Å²) in [6.45, 7) is 5.55. The first kappa shape index (κ1) is 12.6. The standard InChI is InChI=1S/C15H19NO2/c1-3-9-17-14-7-5-4-6-13(14)16-11-15-12(2)8-10-18-15/h4-8,10,16H,3,9,11H2,1-2H3. The van der Waals surface area contributed by atoms with Crippen molar-refractivity contribution in [1.82, 2.24) is 0 Å². The van der Waals surface area contributed by atoms with Crippen molar-refractivity contribution in [3.05, 3.63) is 47.9 Å². The van der Waals surface area contributed by atoms with Crippen LogP contribution in [0.15, 0.2) is 41.0 Å². The van der Waals surface area contributed by atoms with E-state index in [0.717, 1.165) is 35.8 Å². The van der Waals surface area contributed by atoms with Crippen LogP contribution >= 0.6 is 0 Å². The van der Waals surface area contributed by atoms with E-state index in [1.54, 1.807) is 6.26 Å². The predicted molar refractivity (Wildman–Crippen MR) is 73.0 cm³/mol. The third-order valence-electron chi connectivity index (χ3n) is 2.76. The van der Waals surface area contributed by atoms with Gasteiger partial charge in [0.05, 0.1) is 25.1 Å². The fraction of sp³-hybridized carbons (Fsp3) is 0.333. The summed E-state index contributed by atoms with van der Waals surface area (Å²) in [5.41, 5.74) is 2.16. The lowest BCUT2D eigenvalue weighted by Gasteiger charge is -2.12. The molecule has 0 spiro atoms. The van der Waals surface area contributed by atoms with E-state index >= 15 is 0 Å². The summed E-state index contributed by atoms with van der Waals surface area (Å²) in [6, 6.07) is 9.94. The largest absolute Gasteiger partial charge is 0.491 e. The molecule has 0 saturated carbocycles. The highest BCUT2D eigenvalue weighted by molar-refractivity contribution is 5.56. The van der Waals surface area contributed by atoms with Gasteiger partial charge >= 0.3 is 0 Å². The van der Waals surface area contributed by atoms with Gasteiger partial charge in [-0.15, -0.1) is 0 Å². The molecule has 0 aliphatic carbocycles. The molecule has 0 atom stereocenters. The third kappa shape index (κ3) is 3.06. The van der Waals surface area contributed by atoms with Crippen molar-refractivity contribution in [2.75, 3.05) is 11.9 Å². The summed E-state index contributed by atoms with van der Waals surface area (Å²) in [5.74, 6) is 1.85. The van der Waals surface area contributed by atoms with E-state index in [9.17, 15) is 0 Å². The SMILES string of the molecule is CCCOc1ccccc1NCc1occc1C. The summed E-state index contributed by atoms with van der Waals surface area (Å²) in [5, 5.41) is 3.35. The third-order valence-corrected chi connectivity index (χ3v) is 2.76. The molecule has 0 bridgehead atoms. The van der Waals surface area contributed by atoms with E-state index in [1.165, 1.54) is 0 Å². The summed E-state index contributed by atoms with van der Waals surface area (Å²) in [4.78, 5) is 0. The maximum Gasteiger partial charge on any atom is 0.142 e. The molecular weight excluding hydrogens is 226 g/mol. The molecule has 0 unspecified atom stereocenters. The molecule has 1 aromatic heterocycles. The van der Waals surface area contributed by atoms with Crippen LogP contribution in [0.5, 0.6) is 5.75 Å². The lowest BCUT2D eigenvalue weighted by Crippen LogP contribution is -2.03. The highest BCUT2D eigenvalue weighted by Crippen LogP contribution is 2.24. The maximum atomic E-state index is 5.69. The minimum Gasteiger partial charge on any atom is -0.491 e. The zero-order valence-corrected chi connectivity index (χ0v) is 10.9. The number of para-hydroxylation sites is 2. The lowest BCUT2D eigenvalue weighted by molar-refractivity contribution is 0.318. The van der Waals surface area contributed by atoms with E-state index in [2.05, 4.69) is 12.2 Å². The number of hydrogen-bond donors (Lipinski definition) is 1. The quantitative estimate of drug-likeness (QED) is 0.835. The van der Waals surface area contributed by atoms with Gasteiger partial charge in [-0.2, -0.15) is 0 Å². The number of hydrogen-bond acceptors (Lipinski definition) is 3. The van der Waals surface area contributed by atoms with Crippen LogP contribution in [0.25, 0.3) is 0 Å². The van der Waals surface area contributed by atoms with Crippen molar-refractivity contribution in [2.45, 2.75) is 26.8 Å². The van der Waals surface area contributed by atoms with Crippen LogP contribution in [0.1, 0.15) is 24.7 Å². The molecule has 2 aromatic rings. The van der Waals surface area contributed by atoms with Crippen LogP contribution in [-0.4, -0.2) is 6.61 Å². The van der Waals surface area contributed by atoms with Crippen molar-refractivity contribution in [1.29, 1.82) is 0 Å². The molecule has 0 aliphatic heterocycles. The van der Waals surface area contributed by atoms with Gasteiger partial charge in [-0.05, 0) is 37.1 Å². The normalized spacial score (nSPS) is 10.3. The number of nitrogens with one attached hydrogen (secondary N) is 1. The zero-order valence-electron chi connectivity index (χ0n) is 10.9. The van der Waals surface area contributed by atoms with Crippen LogP contribution < -0.4 is 10.1 Å². The fourth-order valence-electron chi connectivity index (χ4n) is 1.71. The van der Waals surface area contributed by atoms with E-state index in [4.69, 9.17) is 9.15 Å². The Morgan fingerprint density at radius 3 is 2.78 bits per heavy atom. The van der Waals surface area contributed by atoms with Crippen LogP contribution in [0.2, 0.25) is 0 Å². The molecular formula is C15H19NO2. The van der Waals surface area contributed by atoms with Crippen LogP contribution in [0, 0.1) is 6.92 Å². The molecule has 0 saturated heterocycles. The molecule has 2 rings (SSSR count). The lowest BCUT2D eigenvalue weighted by atomic mass is 10.2. The molecule has 3 heteroatoms. The molecule has 0 radical (unpaired) electrons. The molecule has 1 heterocycles. The van der Waals surface area contributed by atoms with Gasteiger partial charge in [0.1, 0.15) is 11.5 Å². The Labute approximate surface area is 108 Å². The number of benzene rings is 1. The van der Waals surface area contributed by atoms with E-state index in [-0.39, 0.29) is 0 Å². The highest BCUT2D eigenvalue weighted by atomic mass is 16.5. The van der Waals surface area contributed by atoms with Gasteiger partial charge in [-0.3, -0.25) is 0 Å². The summed E-state index contributed by atoms with van der Waals surface area (Å²) in [6.07, 6.45) is 2.72. The second kappa shape index (κ2) is 6.15. The molecule has 3 nitrogen and oxygen atoms in total. The molecule has 1 aromatic carbocycles. The van der Waals surface area contributed by atoms with Gasteiger partial charge in [0.25, 0.3) is 0 Å². The summed E-state index contributed by atoms with van der Waals surface area (Å²) >= 11 is 0. The number of furan rings is 1. The Morgan fingerprint density at radius 1 is 1.22 bits per heavy atom. The number of anilines is 1. The van der Waals surface area contributed by atoms with Gasteiger partial charge in [0, 0.05) is 0 Å². The average Bonchev–Trinajstić information content (AvgIpc) is 2.80. The number of rotatable bonds is 6. The van der Waals surface area contributed by atoms with Crippen LogP contribution in [0.3, 0.4) is 0 Å². The van der Waals surface area contributed by atoms with Crippen LogP contribution in [0.4, 0.5) is 5.69 Å². The highest BCUT2D eigenvalue weighted by Gasteiger charge is 2.05. The van der Waals surface area contributed by atoms with Crippen molar-refractivity contribution < 1.29 is 9.15 Å². The molecule has 0 amide bonds. The Balaban J connectivity index is 2.02. The molecule has 18 heavy (non-hydrogen) atoms. The van der Waals surface area contributed by atoms with Crippen molar-refractivity contribution in [3.8, 4) is 5.75 Å². The smallest absolute Gasteiger partial charge is 0.142 e. The van der Waals surface area contributed by atoms with Gasteiger partial charge < -0.3 is 14.5 Å². The first-order chi connectivity index (χ1) is 8.81. The monoisotopic (exact) mass is 245 g/mol. The Kier molecular flexibility index (Phi) is 4.29. The second-order valence-corrected chi connectivity index (χ2v) is 4.22. The average molecular weight is 245 g/mol. The Bertz CT molecular complexity index is 491. The van der Waals surface area contributed by atoms with Gasteiger partial charge in [-0.25, -0.2) is 0 Å². The zero-order chi connectivity index (χ0) is 12.8. The minimum atomic E-state index is 0.672. The minimum absolute atomic E-state index is 0.672. The van der Waals surface area contributed by atoms with Gasteiger partial charge in [0.15, 0.2) is 0 Å². The fourth-order valence-corrected chi connectivity index (χ4v) is 1.71. The predicted octanol–water partition coefficient (Wildman–Crippen LogP) is 3.99. The first-order valence-corrected chi connectivity index (χ1v) is 6.30. The summed E-state index contributed by atoms with van der Waals surface area (Å²) in [7, 11) is 0. The van der Waals surface area contributed by atoms with E-state index in [1.807, 2.05) is 37.3 Å². The molecule has 1 N–H and O–H groups in total. The molecule has 0 aliphatic rings. The number of ether oxygens (including phenoxy) is 1. The van der Waals surface area contributed by atoms with E-state index in [0.29, 0.717) is 6.54 Å². The van der Waals surface area contributed by atoms with Gasteiger partial charge in [-0.1, -0.05) is 19.1 Å². The summed E-state index contributed by atoms with van der Waals surface area (Å²) < 4.78 is 11.1. The first-order valence-electron chi connectivity index (χ1n) is 6.30. The van der Waals surface area contributed by atoms with Crippen molar-refractivity contribution >= 4 is 5.69 Å². The van der Waals surface area contributed by atoms with Crippen LogP contribution in [-0.2, 0) is 6.54 Å². The second-order valence-electron chi connectivity index (χ2n) is 4.22. The van der Waals surface area contributed by atoms with Crippen molar-refractivity contribution in [3.63, 3.8) is 0 Å². The Hall–Kier alpha value is -1.90. The maximum absolute atomic E-state index is 5.69. The molecule has 0 fully saturated rings. The number of aryl methyl sites for hydroxylation is 1. The topological polar surface area (TPSA) is 34.4 Å². The van der Waals surface area contributed by atoms with Crippen molar-refractivity contribution in [2.24, 2.45) is 0 Å². The van der Waals surface area contributed by atoms with E-state index < -0.39 is 0 Å². The van der Waals surface area contributed by atoms with Gasteiger partial charge in [0.2, 0.25) is 0 Å². The molecule has 96 valence electrons.